The topological polar surface area (TPSA) is 38.0 Å². The third-order valence-corrected chi connectivity index (χ3v) is 3.19. The van der Waals surface area contributed by atoms with E-state index in [2.05, 4.69) is 18.3 Å². The van der Waals surface area contributed by atoms with Gasteiger partial charge in [0.2, 0.25) is 0 Å². The third-order valence-electron chi connectivity index (χ3n) is 3.19. The maximum Gasteiger partial charge on any atom is 0.0359 e. The Morgan fingerprint density at radius 1 is 1.40 bits per heavy atom. The monoisotopic (exact) mass is 204 g/mol. The van der Waals surface area contributed by atoms with E-state index in [4.69, 9.17) is 5.73 Å². The summed E-state index contributed by atoms with van der Waals surface area (Å²) >= 11 is 0. The van der Waals surface area contributed by atoms with Crippen molar-refractivity contribution in [3.05, 3.63) is 29.8 Å². The van der Waals surface area contributed by atoms with Crippen molar-refractivity contribution in [3.63, 3.8) is 0 Å². The highest BCUT2D eigenvalue weighted by Gasteiger charge is 2.35. The van der Waals surface area contributed by atoms with Gasteiger partial charge in [0.25, 0.3) is 0 Å². The third kappa shape index (κ3) is 2.72. The summed E-state index contributed by atoms with van der Waals surface area (Å²) in [6.45, 7) is 3.17. The van der Waals surface area contributed by atoms with E-state index in [1.54, 1.807) is 0 Å². The number of nitrogens with one attached hydrogen (secondary N) is 1. The Hall–Kier alpha value is -1.02. The van der Waals surface area contributed by atoms with Crippen molar-refractivity contribution in [2.75, 3.05) is 5.73 Å². The first-order valence-corrected chi connectivity index (χ1v) is 5.88. The summed E-state index contributed by atoms with van der Waals surface area (Å²) in [7, 11) is 0. The van der Waals surface area contributed by atoms with Gasteiger partial charge in [-0.1, -0.05) is 31.5 Å². The summed E-state index contributed by atoms with van der Waals surface area (Å²) in [4.78, 5) is 0. The number of rotatable bonds is 5. The molecule has 1 aliphatic rings. The fourth-order valence-corrected chi connectivity index (χ4v) is 2.12. The van der Waals surface area contributed by atoms with Crippen LogP contribution in [0.1, 0.15) is 31.7 Å². The molecular formula is C13H20N2. The summed E-state index contributed by atoms with van der Waals surface area (Å²) in [5, 5.41) is 3.57. The van der Waals surface area contributed by atoms with Crippen LogP contribution in [0, 0.1) is 5.92 Å². The second kappa shape index (κ2) is 4.67. The standard InChI is InChI=1S/C13H20N2/c1-2-5-10-8-13(10)15-9-11-6-3-4-7-12(11)14/h3-4,6-7,10,13,15H,2,5,8-9,14H2,1H3. The molecule has 0 amide bonds. The van der Waals surface area contributed by atoms with Gasteiger partial charge in [-0.15, -0.1) is 0 Å². The molecule has 1 fully saturated rings. The van der Waals surface area contributed by atoms with Gasteiger partial charge in [-0.2, -0.15) is 0 Å². The molecule has 2 heteroatoms. The zero-order chi connectivity index (χ0) is 10.7. The maximum atomic E-state index is 5.88. The molecule has 0 aromatic heterocycles. The van der Waals surface area contributed by atoms with Crippen LogP contribution >= 0.6 is 0 Å². The summed E-state index contributed by atoms with van der Waals surface area (Å²) < 4.78 is 0. The van der Waals surface area contributed by atoms with Gasteiger partial charge >= 0.3 is 0 Å². The van der Waals surface area contributed by atoms with Crippen molar-refractivity contribution in [1.82, 2.24) is 5.32 Å². The molecule has 0 saturated heterocycles. The Morgan fingerprint density at radius 2 is 2.20 bits per heavy atom. The summed E-state index contributed by atoms with van der Waals surface area (Å²) in [6.07, 6.45) is 4.01. The lowest BCUT2D eigenvalue weighted by molar-refractivity contribution is 0.600. The van der Waals surface area contributed by atoms with Gasteiger partial charge in [0, 0.05) is 18.3 Å². The first-order valence-electron chi connectivity index (χ1n) is 5.88. The normalized spacial score (nSPS) is 24.1. The van der Waals surface area contributed by atoms with E-state index in [-0.39, 0.29) is 0 Å². The maximum absolute atomic E-state index is 5.88. The zero-order valence-corrected chi connectivity index (χ0v) is 9.37. The molecule has 15 heavy (non-hydrogen) atoms. The molecule has 1 aromatic carbocycles. The number of hydrogen-bond donors (Lipinski definition) is 2. The average molecular weight is 204 g/mol. The minimum Gasteiger partial charge on any atom is -0.398 e. The first-order chi connectivity index (χ1) is 7.31. The van der Waals surface area contributed by atoms with Crippen LogP contribution in [-0.4, -0.2) is 6.04 Å². The van der Waals surface area contributed by atoms with Crippen LogP contribution in [0.25, 0.3) is 0 Å². The molecule has 82 valence electrons. The molecule has 1 aliphatic carbocycles. The Morgan fingerprint density at radius 3 is 2.93 bits per heavy atom. The van der Waals surface area contributed by atoms with Gasteiger partial charge in [0.1, 0.15) is 0 Å². The van der Waals surface area contributed by atoms with Crippen LogP contribution in [-0.2, 0) is 6.54 Å². The van der Waals surface area contributed by atoms with Crippen molar-refractivity contribution in [1.29, 1.82) is 0 Å². The summed E-state index contributed by atoms with van der Waals surface area (Å²) in [5.74, 6) is 0.917. The molecule has 0 spiro atoms. The van der Waals surface area contributed by atoms with Crippen molar-refractivity contribution in [2.24, 2.45) is 5.92 Å². The molecule has 0 bridgehead atoms. The highest BCUT2D eigenvalue weighted by molar-refractivity contribution is 5.46. The lowest BCUT2D eigenvalue weighted by Gasteiger charge is -2.06. The molecule has 1 saturated carbocycles. The predicted molar refractivity (Wildman–Crippen MR) is 64.5 cm³/mol. The number of nitrogens with two attached hydrogens (primary N) is 1. The SMILES string of the molecule is CCCC1CC1NCc1ccccc1N. The van der Waals surface area contributed by atoms with Crippen LogP contribution < -0.4 is 11.1 Å². The highest BCUT2D eigenvalue weighted by atomic mass is 15.0. The van der Waals surface area contributed by atoms with Crippen molar-refractivity contribution in [2.45, 2.75) is 38.8 Å². The number of para-hydroxylation sites is 1. The molecule has 2 atom stereocenters. The lowest BCUT2D eigenvalue weighted by Crippen LogP contribution is -2.18. The van der Waals surface area contributed by atoms with E-state index in [1.165, 1.54) is 24.8 Å². The second-order valence-corrected chi connectivity index (χ2v) is 4.47. The molecule has 2 rings (SSSR count). The van der Waals surface area contributed by atoms with Crippen LogP contribution in [0.3, 0.4) is 0 Å². The van der Waals surface area contributed by atoms with Gasteiger partial charge in [0.05, 0.1) is 0 Å². The van der Waals surface area contributed by atoms with E-state index in [1.807, 2.05) is 18.2 Å². The number of nitrogen functional groups attached to an aromatic ring is 1. The van der Waals surface area contributed by atoms with E-state index < -0.39 is 0 Å². The Kier molecular flexibility index (Phi) is 3.27. The number of anilines is 1. The number of hydrogen-bond acceptors (Lipinski definition) is 2. The molecule has 0 radical (unpaired) electrons. The Balaban J connectivity index is 1.78. The number of benzene rings is 1. The minimum atomic E-state index is 0.740. The van der Waals surface area contributed by atoms with E-state index in [9.17, 15) is 0 Å². The van der Waals surface area contributed by atoms with E-state index in [0.29, 0.717) is 0 Å². The molecule has 0 heterocycles. The molecule has 3 N–H and O–H groups in total. The average Bonchev–Trinajstić information content (AvgIpc) is 2.96. The zero-order valence-electron chi connectivity index (χ0n) is 9.37. The van der Waals surface area contributed by atoms with Gasteiger partial charge < -0.3 is 11.1 Å². The second-order valence-electron chi connectivity index (χ2n) is 4.47. The van der Waals surface area contributed by atoms with Gasteiger partial charge in [-0.3, -0.25) is 0 Å². The molecular weight excluding hydrogens is 184 g/mol. The fourth-order valence-electron chi connectivity index (χ4n) is 2.12. The van der Waals surface area contributed by atoms with Gasteiger partial charge in [-0.05, 0) is 30.4 Å². The highest BCUT2D eigenvalue weighted by Crippen LogP contribution is 2.34. The van der Waals surface area contributed by atoms with Crippen LogP contribution in [0.5, 0.6) is 0 Å². The van der Waals surface area contributed by atoms with Crippen LogP contribution in [0.4, 0.5) is 5.69 Å². The molecule has 1 aromatic rings. The summed E-state index contributed by atoms with van der Waals surface area (Å²) in [5.41, 5.74) is 8.00. The van der Waals surface area contributed by atoms with Gasteiger partial charge in [0.15, 0.2) is 0 Å². The van der Waals surface area contributed by atoms with Crippen molar-refractivity contribution in [3.8, 4) is 0 Å². The quantitative estimate of drug-likeness (QED) is 0.723. The smallest absolute Gasteiger partial charge is 0.0359 e. The molecule has 2 nitrogen and oxygen atoms in total. The van der Waals surface area contributed by atoms with E-state index >= 15 is 0 Å². The Bertz CT molecular complexity index is 322. The first kappa shape index (κ1) is 10.5. The molecule has 0 aliphatic heterocycles. The minimum absolute atomic E-state index is 0.740. The van der Waals surface area contributed by atoms with Crippen LogP contribution in [0.2, 0.25) is 0 Å². The van der Waals surface area contributed by atoms with Crippen molar-refractivity contribution < 1.29 is 0 Å². The lowest BCUT2D eigenvalue weighted by atomic mass is 10.2. The van der Waals surface area contributed by atoms with Crippen LogP contribution in [0.15, 0.2) is 24.3 Å². The fraction of sp³-hybridized carbons (Fsp3) is 0.538. The summed E-state index contributed by atoms with van der Waals surface area (Å²) in [6, 6.07) is 8.83. The molecule has 2 unspecified atom stereocenters. The predicted octanol–water partition coefficient (Wildman–Crippen LogP) is 2.55. The largest absolute Gasteiger partial charge is 0.398 e. The van der Waals surface area contributed by atoms with E-state index in [0.717, 1.165) is 24.2 Å². The van der Waals surface area contributed by atoms with Gasteiger partial charge in [-0.25, -0.2) is 0 Å². The Labute approximate surface area is 91.9 Å². The van der Waals surface area contributed by atoms with Crippen molar-refractivity contribution >= 4 is 5.69 Å².